The van der Waals surface area contributed by atoms with E-state index in [2.05, 4.69) is 112 Å². The lowest BCUT2D eigenvalue weighted by atomic mass is 10.0. The topological polar surface area (TPSA) is 114 Å². The Morgan fingerprint density at radius 3 is 1.62 bits per heavy atom. The van der Waals surface area contributed by atoms with Gasteiger partial charge in [0, 0.05) is 93.7 Å². The Morgan fingerprint density at radius 2 is 1.10 bits per heavy atom. The molecule has 14 heteroatoms. The molecule has 0 saturated carbocycles. The lowest BCUT2D eigenvalue weighted by molar-refractivity contribution is -0.127. The number of aromatic nitrogens is 1. The van der Waals surface area contributed by atoms with Crippen molar-refractivity contribution in [3.8, 4) is 45.8 Å². The molecule has 0 aliphatic carbocycles. The van der Waals surface area contributed by atoms with Gasteiger partial charge >= 0.3 is 14.8 Å². The molecule has 0 unspecified atom stereocenters. The van der Waals surface area contributed by atoms with Crippen LogP contribution < -0.4 is 0 Å². The van der Waals surface area contributed by atoms with Crippen molar-refractivity contribution in [3.63, 3.8) is 0 Å². The molecule has 416 valence electrons. The van der Waals surface area contributed by atoms with Crippen LogP contribution in [0.3, 0.4) is 0 Å². The second kappa shape index (κ2) is 28.3. The Bertz CT molecular complexity index is 3410. The van der Waals surface area contributed by atoms with Crippen LogP contribution in [0.4, 0.5) is 0 Å². The van der Waals surface area contributed by atoms with Crippen molar-refractivity contribution in [3.05, 3.63) is 135 Å². The maximum atomic E-state index is 14.9. The molecule has 1 N–H and O–H groups in total. The number of carboxylic acid groups (broad SMARTS) is 1. The van der Waals surface area contributed by atoms with Crippen LogP contribution in [0, 0.1) is 11.3 Å². The SMILES string of the molecule is CCCCc1cc(-c2sc(-c3sc(-c4sc(-c5ccc6c(c5)c5ccccc5n6CC)cc4CCCC)cc3CCCC)cc2CCCC)sc1/C=C(\C#N)C(=O)N(Cc1ccc(C(=O)O)cc1)C[Si](OCC)(OCC)OCC. The number of aromatic carboxylic acids is 1. The summed E-state index contributed by atoms with van der Waals surface area (Å²) in [7, 11) is -3.46. The van der Waals surface area contributed by atoms with Gasteiger partial charge in [0.15, 0.2) is 0 Å². The van der Waals surface area contributed by atoms with Gasteiger partial charge in [0.25, 0.3) is 5.91 Å². The number of carbonyl (C=O) groups is 2. The van der Waals surface area contributed by atoms with E-state index >= 15 is 0 Å². The van der Waals surface area contributed by atoms with Crippen LogP contribution in [0.15, 0.2) is 96.6 Å². The van der Waals surface area contributed by atoms with Crippen LogP contribution in [0.5, 0.6) is 0 Å². The number of aryl methyl sites for hydroxylation is 5. The molecule has 3 aromatic carbocycles. The molecule has 0 saturated heterocycles. The minimum absolute atomic E-state index is 0.00476. The van der Waals surface area contributed by atoms with E-state index in [1.54, 1.807) is 34.4 Å². The molecule has 0 radical (unpaired) electrons. The first-order valence-corrected chi connectivity index (χ1v) is 33.8. The van der Waals surface area contributed by atoms with Gasteiger partial charge in [-0.1, -0.05) is 89.8 Å². The zero-order valence-electron chi connectivity index (χ0n) is 47.4. The molecule has 9 nitrogen and oxygen atoms in total. The van der Waals surface area contributed by atoms with Crippen LogP contribution in [-0.4, -0.2) is 61.2 Å². The fraction of sp³-hybridized carbons (Fsp3) is 0.400. The number of nitriles is 1. The largest absolute Gasteiger partial charge is 0.521 e. The predicted molar refractivity (Wildman–Crippen MR) is 336 cm³/mol. The third-order valence-corrected chi connectivity index (χ3v) is 22.7. The number of unbranched alkanes of at least 4 members (excludes halogenated alkanes) is 4. The molecule has 0 bridgehead atoms. The minimum atomic E-state index is -3.46. The van der Waals surface area contributed by atoms with Gasteiger partial charge in [0.05, 0.1) is 11.7 Å². The van der Waals surface area contributed by atoms with Crippen LogP contribution in [0.2, 0.25) is 0 Å². The first-order valence-electron chi connectivity index (χ1n) is 28.6. The van der Waals surface area contributed by atoms with E-state index in [-0.39, 0.29) is 23.8 Å². The van der Waals surface area contributed by atoms with E-state index in [9.17, 15) is 20.0 Å². The summed E-state index contributed by atoms with van der Waals surface area (Å²) >= 11 is 7.47. The third-order valence-electron chi connectivity index (χ3n) is 14.5. The molecule has 8 rings (SSSR count). The van der Waals surface area contributed by atoms with Crippen LogP contribution in [-0.2, 0) is 56.8 Å². The standard InChI is InChI=1S/C65H77N3O6S4Si/c1-9-17-23-46-36-58(75-56(46)40-51(41-66)64(69)67(42-44-29-31-45(32-30-44)65(70)71)43-79(72-14-6,73-15-7)74-16-8)61-49(25-19-11-3)38-60(77-61)63-50(26-20-12-4)39-59(78-63)62-48(24-18-10-2)37-57(76-62)47-33-34-55-53(35-47)52-27-21-22-28-54(52)68(55)13-5/h21-22,27-40H,9-20,23-26,42-43H2,1-8H3,(H,70,71)/b51-40+. The van der Waals surface area contributed by atoms with Crippen molar-refractivity contribution in [2.45, 2.75) is 146 Å². The molecule has 0 aliphatic heterocycles. The monoisotopic (exact) mass is 1150 g/mol. The summed E-state index contributed by atoms with van der Waals surface area (Å²) in [6, 6.07) is 34.4. The summed E-state index contributed by atoms with van der Waals surface area (Å²) < 4.78 is 21.1. The third kappa shape index (κ3) is 13.8. The highest BCUT2D eigenvalue weighted by Gasteiger charge is 2.44. The number of nitrogens with zero attached hydrogens (tertiary/aromatic N) is 3. The molecule has 0 fully saturated rings. The summed E-state index contributed by atoms with van der Waals surface area (Å²) in [4.78, 5) is 38.3. The van der Waals surface area contributed by atoms with Crippen molar-refractivity contribution < 1.29 is 28.0 Å². The number of hydrogen-bond acceptors (Lipinski definition) is 10. The quantitative estimate of drug-likeness (QED) is 0.0271. The van der Waals surface area contributed by atoms with Crippen molar-refractivity contribution in [1.82, 2.24) is 9.47 Å². The van der Waals surface area contributed by atoms with E-state index in [1.165, 1.54) is 85.5 Å². The van der Waals surface area contributed by atoms with Crippen LogP contribution >= 0.6 is 45.3 Å². The summed E-state index contributed by atoms with van der Waals surface area (Å²) in [5, 5.41) is 23.1. The summed E-state index contributed by atoms with van der Waals surface area (Å²) in [6.45, 7) is 18.8. The number of amides is 1. The number of carboxylic acids is 1. The minimum Gasteiger partial charge on any atom is -0.478 e. The van der Waals surface area contributed by atoms with E-state index in [4.69, 9.17) is 13.3 Å². The first kappa shape index (κ1) is 59.6. The first-order chi connectivity index (χ1) is 38.4. The molecule has 79 heavy (non-hydrogen) atoms. The van der Waals surface area contributed by atoms with Gasteiger partial charge in [-0.3, -0.25) is 4.79 Å². The average Bonchev–Trinajstić information content (AvgIpc) is 4.45. The van der Waals surface area contributed by atoms with Crippen molar-refractivity contribution in [2.75, 3.05) is 26.0 Å². The number of hydrogen-bond donors (Lipinski definition) is 1. The van der Waals surface area contributed by atoms with Gasteiger partial charge in [-0.2, -0.15) is 5.26 Å². The predicted octanol–water partition coefficient (Wildman–Crippen LogP) is 18.3. The highest BCUT2D eigenvalue weighted by Crippen LogP contribution is 2.50. The van der Waals surface area contributed by atoms with Crippen molar-refractivity contribution >= 4 is 93.9 Å². The van der Waals surface area contributed by atoms with E-state index < -0.39 is 20.7 Å². The fourth-order valence-electron chi connectivity index (χ4n) is 10.5. The lowest BCUT2D eigenvalue weighted by Crippen LogP contribution is -2.56. The van der Waals surface area contributed by atoms with Gasteiger partial charge in [-0.05, 0) is 173 Å². The maximum absolute atomic E-state index is 14.9. The van der Waals surface area contributed by atoms with Crippen molar-refractivity contribution in [1.29, 1.82) is 5.26 Å². The highest BCUT2D eigenvalue weighted by atomic mass is 32.1. The number of benzene rings is 3. The summed E-state index contributed by atoms with van der Waals surface area (Å²) in [5.41, 5.74) is 10.0. The Morgan fingerprint density at radius 1 is 0.608 bits per heavy atom. The molecular weight excluding hydrogens is 1080 g/mol. The molecule has 0 aliphatic rings. The zero-order valence-corrected chi connectivity index (χ0v) is 51.7. The lowest BCUT2D eigenvalue weighted by Gasteiger charge is -2.33. The smallest absolute Gasteiger partial charge is 0.478 e. The van der Waals surface area contributed by atoms with Crippen LogP contribution in [0.1, 0.15) is 150 Å². The van der Waals surface area contributed by atoms with E-state index in [0.29, 0.717) is 25.4 Å². The molecule has 0 spiro atoms. The maximum Gasteiger partial charge on any atom is 0.521 e. The Kier molecular flexibility index (Phi) is 21.4. The molecule has 5 aromatic heterocycles. The summed E-state index contributed by atoms with van der Waals surface area (Å²) in [5.74, 6) is -1.50. The number of carbonyl (C=O) groups excluding carboxylic acids is 1. The molecule has 8 aromatic rings. The number of para-hydroxylation sites is 1. The highest BCUT2D eigenvalue weighted by molar-refractivity contribution is 7.29. The van der Waals surface area contributed by atoms with E-state index in [0.717, 1.165) is 98.9 Å². The Balaban J connectivity index is 1.19. The number of fused-ring (bicyclic) bond motifs is 3. The fourth-order valence-corrected chi connectivity index (χ4v) is 18.3. The number of rotatable bonds is 30. The van der Waals surface area contributed by atoms with Gasteiger partial charge in [0.1, 0.15) is 11.6 Å². The normalized spacial score (nSPS) is 12.1. The van der Waals surface area contributed by atoms with Gasteiger partial charge in [-0.15, -0.1) is 45.3 Å². The van der Waals surface area contributed by atoms with Gasteiger partial charge < -0.3 is 27.9 Å². The van der Waals surface area contributed by atoms with Crippen molar-refractivity contribution in [2.24, 2.45) is 0 Å². The number of thiophene rings is 4. The Labute approximate surface area is 485 Å². The Hall–Kier alpha value is -5.47. The molecular formula is C65H77N3O6S4Si. The second-order valence-corrected chi connectivity index (χ2v) is 26.9. The van der Waals surface area contributed by atoms with Crippen LogP contribution in [0.25, 0.3) is 67.6 Å². The molecule has 1 amide bonds. The average molecular weight is 1150 g/mol. The van der Waals surface area contributed by atoms with Gasteiger partial charge in [-0.25, -0.2) is 4.79 Å². The zero-order chi connectivity index (χ0) is 56.1. The molecule has 0 atom stereocenters. The molecule has 5 heterocycles. The second-order valence-electron chi connectivity index (χ2n) is 20.1. The van der Waals surface area contributed by atoms with Gasteiger partial charge in [0.2, 0.25) is 0 Å². The summed E-state index contributed by atoms with van der Waals surface area (Å²) in [6.07, 6.45) is 14.3. The van der Waals surface area contributed by atoms with E-state index in [1.807, 2.05) is 54.8 Å².